The Morgan fingerprint density at radius 2 is 1.74 bits per heavy atom. The Morgan fingerprint density at radius 1 is 1.03 bits per heavy atom. The first-order valence-corrected chi connectivity index (χ1v) is 12.7. The van der Waals surface area contributed by atoms with E-state index in [1.54, 1.807) is 73.9 Å². The number of carbonyl (C=O) groups excluding carboxylic acids is 2. The van der Waals surface area contributed by atoms with Crippen molar-refractivity contribution >= 4 is 33.2 Å². The van der Waals surface area contributed by atoms with Gasteiger partial charge in [0.15, 0.2) is 0 Å². The molecule has 0 unspecified atom stereocenters. The quantitative estimate of drug-likeness (QED) is 0.487. The van der Waals surface area contributed by atoms with Crippen molar-refractivity contribution in [3.63, 3.8) is 0 Å². The summed E-state index contributed by atoms with van der Waals surface area (Å²) in [5.74, 6) is -0.896. The van der Waals surface area contributed by atoms with Gasteiger partial charge >= 0.3 is 0 Å². The number of pyridine rings is 1. The zero-order chi connectivity index (χ0) is 24.7. The van der Waals surface area contributed by atoms with E-state index in [0.717, 1.165) is 21.7 Å². The van der Waals surface area contributed by atoms with E-state index in [2.05, 4.69) is 15.6 Å². The largest absolute Gasteiger partial charge is 0.348 e. The summed E-state index contributed by atoms with van der Waals surface area (Å²) in [6.45, 7) is 3.92. The zero-order valence-electron chi connectivity index (χ0n) is 19.4. The first kappa shape index (κ1) is 24.9. The van der Waals surface area contributed by atoms with Crippen LogP contribution >= 0.6 is 0 Å². The molecule has 0 radical (unpaired) electrons. The van der Waals surface area contributed by atoms with Gasteiger partial charge in [0.1, 0.15) is 6.04 Å². The number of hydrogen-bond acceptors (Lipinski definition) is 5. The summed E-state index contributed by atoms with van der Waals surface area (Å²) in [6, 6.07) is 16.2. The van der Waals surface area contributed by atoms with Gasteiger partial charge in [-0.2, -0.15) is 0 Å². The average molecular weight is 481 g/mol. The van der Waals surface area contributed by atoms with E-state index < -0.39 is 22.0 Å². The van der Waals surface area contributed by atoms with Gasteiger partial charge in [-0.05, 0) is 49.2 Å². The number of nitrogens with zero attached hydrogens (tertiary/aromatic N) is 2. The molecule has 9 heteroatoms. The molecule has 8 nitrogen and oxygen atoms in total. The van der Waals surface area contributed by atoms with Gasteiger partial charge in [0.2, 0.25) is 15.9 Å². The summed E-state index contributed by atoms with van der Waals surface area (Å²) in [6.07, 6.45) is 4.62. The number of aromatic nitrogens is 1. The van der Waals surface area contributed by atoms with Gasteiger partial charge in [0.25, 0.3) is 5.91 Å². The Bertz CT molecular complexity index is 1250. The van der Waals surface area contributed by atoms with Crippen LogP contribution in [0.15, 0.2) is 73.1 Å². The number of nitrogens with one attached hydrogen (secondary N) is 2. The molecule has 0 fully saturated rings. The van der Waals surface area contributed by atoms with Crippen LogP contribution in [0.4, 0.5) is 11.4 Å². The normalized spacial score (nSPS) is 12.0. The molecule has 3 rings (SSSR count). The van der Waals surface area contributed by atoms with Crippen LogP contribution in [0.1, 0.15) is 34.8 Å². The highest BCUT2D eigenvalue weighted by Crippen LogP contribution is 2.24. The zero-order valence-corrected chi connectivity index (χ0v) is 20.2. The summed E-state index contributed by atoms with van der Waals surface area (Å²) in [5, 5.41) is 5.57. The minimum atomic E-state index is -3.76. The summed E-state index contributed by atoms with van der Waals surface area (Å²) < 4.78 is 26.4. The number of amides is 2. The van der Waals surface area contributed by atoms with E-state index >= 15 is 0 Å². The number of rotatable bonds is 9. The summed E-state index contributed by atoms with van der Waals surface area (Å²) >= 11 is 0. The highest BCUT2D eigenvalue weighted by atomic mass is 32.2. The van der Waals surface area contributed by atoms with Crippen molar-refractivity contribution in [2.75, 3.05) is 15.9 Å². The van der Waals surface area contributed by atoms with Crippen molar-refractivity contribution in [3.05, 3.63) is 89.7 Å². The lowest BCUT2D eigenvalue weighted by Crippen LogP contribution is -2.47. The van der Waals surface area contributed by atoms with Crippen molar-refractivity contribution < 1.29 is 18.0 Å². The molecule has 1 aromatic heterocycles. The summed E-state index contributed by atoms with van der Waals surface area (Å²) in [5.41, 5.74) is 2.78. The highest BCUT2D eigenvalue weighted by Gasteiger charge is 2.32. The van der Waals surface area contributed by atoms with Crippen molar-refractivity contribution in [2.24, 2.45) is 0 Å². The minimum absolute atomic E-state index is 0.238. The predicted molar refractivity (Wildman–Crippen MR) is 133 cm³/mol. The maximum atomic E-state index is 13.3. The number of aryl methyl sites for hydroxylation is 1. The first-order chi connectivity index (χ1) is 16.2. The Hall–Kier alpha value is -3.72. The third kappa shape index (κ3) is 6.20. The molecule has 0 aliphatic rings. The molecular weight excluding hydrogens is 452 g/mol. The fraction of sp³-hybridized carbons (Fsp3) is 0.240. The third-order valence-corrected chi connectivity index (χ3v) is 6.40. The van der Waals surface area contributed by atoms with E-state index in [1.165, 1.54) is 0 Å². The van der Waals surface area contributed by atoms with Crippen LogP contribution in [-0.2, 0) is 21.4 Å². The van der Waals surface area contributed by atoms with E-state index in [0.29, 0.717) is 11.4 Å². The topological polar surface area (TPSA) is 108 Å². The monoisotopic (exact) mass is 480 g/mol. The standard InChI is InChI=1S/C25H28N4O4S/c1-4-23(29(34(3,32)33)20-13-11-18(2)12-14-20)25(31)28-22-10-6-5-9-21(22)24(30)27-17-19-8-7-15-26-16-19/h5-16,23H,4,17H2,1-3H3,(H,27,30)(H,28,31)/t23-/m0/s1. The van der Waals surface area contributed by atoms with Gasteiger partial charge in [0.05, 0.1) is 23.2 Å². The Labute approximate surface area is 200 Å². The third-order valence-electron chi connectivity index (χ3n) is 5.22. The molecule has 2 amide bonds. The molecule has 2 aromatic carbocycles. The number of carbonyl (C=O) groups is 2. The Morgan fingerprint density at radius 3 is 2.35 bits per heavy atom. The molecule has 2 N–H and O–H groups in total. The van der Waals surface area contributed by atoms with Crippen LogP contribution in [0.2, 0.25) is 0 Å². The van der Waals surface area contributed by atoms with E-state index in [1.807, 2.05) is 13.0 Å². The minimum Gasteiger partial charge on any atom is -0.348 e. The number of hydrogen-bond donors (Lipinski definition) is 2. The van der Waals surface area contributed by atoms with E-state index in [-0.39, 0.29) is 24.4 Å². The molecule has 1 atom stereocenters. The average Bonchev–Trinajstić information content (AvgIpc) is 2.82. The van der Waals surface area contributed by atoms with Crippen LogP contribution in [0.3, 0.4) is 0 Å². The van der Waals surface area contributed by atoms with Gasteiger partial charge in [0, 0.05) is 18.9 Å². The summed E-state index contributed by atoms with van der Waals surface area (Å²) in [4.78, 5) is 30.1. The predicted octanol–water partition coefficient (Wildman–Crippen LogP) is 3.50. The number of para-hydroxylation sites is 1. The van der Waals surface area contributed by atoms with E-state index in [4.69, 9.17) is 0 Å². The second kappa shape index (κ2) is 10.9. The van der Waals surface area contributed by atoms with Crippen molar-refractivity contribution in [1.29, 1.82) is 0 Å². The molecule has 0 aliphatic carbocycles. The number of benzene rings is 2. The van der Waals surface area contributed by atoms with E-state index in [9.17, 15) is 18.0 Å². The van der Waals surface area contributed by atoms with Crippen LogP contribution in [-0.4, -0.2) is 37.5 Å². The molecule has 0 spiro atoms. The molecule has 0 saturated heterocycles. The molecule has 0 saturated carbocycles. The van der Waals surface area contributed by atoms with Crippen LogP contribution in [0.25, 0.3) is 0 Å². The van der Waals surface area contributed by atoms with Gasteiger partial charge in [-0.1, -0.05) is 42.8 Å². The van der Waals surface area contributed by atoms with Crippen LogP contribution < -0.4 is 14.9 Å². The van der Waals surface area contributed by atoms with Crippen molar-refractivity contribution in [2.45, 2.75) is 32.9 Å². The van der Waals surface area contributed by atoms with Crippen molar-refractivity contribution in [1.82, 2.24) is 10.3 Å². The van der Waals surface area contributed by atoms with Crippen LogP contribution in [0, 0.1) is 6.92 Å². The lowest BCUT2D eigenvalue weighted by atomic mass is 10.1. The number of anilines is 2. The SMILES string of the molecule is CC[C@@H](C(=O)Nc1ccccc1C(=O)NCc1cccnc1)N(c1ccc(C)cc1)S(C)(=O)=O. The molecule has 34 heavy (non-hydrogen) atoms. The Balaban J connectivity index is 1.83. The fourth-order valence-corrected chi connectivity index (χ4v) is 4.75. The highest BCUT2D eigenvalue weighted by molar-refractivity contribution is 7.92. The second-order valence-corrected chi connectivity index (χ2v) is 9.76. The summed E-state index contributed by atoms with van der Waals surface area (Å²) in [7, 11) is -3.76. The first-order valence-electron chi connectivity index (χ1n) is 10.8. The van der Waals surface area contributed by atoms with Crippen LogP contribution in [0.5, 0.6) is 0 Å². The lowest BCUT2D eigenvalue weighted by molar-refractivity contribution is -0.117. The molecule has 178 valence electrons. The molecule has 0 aliphatic heterocycles. The molecule has 1 heterocycles. The number of sulfonamides is 1. The molecular formula is C25H28N4O4S. The fourth-order valence-electron chi connectivity index (χ4n) is 3.54. The maximum Gasteiger partial charge on any atom is 0.253 e. The molecule has 3 aromatic rings. The maximum absolute atomic E-state index is 13.3. The Kier molecular flexibility index (Phi) is 8.01. The smallest absolute Gasteiger partial charge is 0.253 e. The lowest BCUT2D eigenvalue weighted by Gasteiger charge is -2.30. The molecule has 0 bridgehead atoms. The van der Waals surface area contributed by atoms with Gasteiger partial charge in [-0.3, -0.25) is 18.9 Å². The van der Waals surface area contributed by atoms with Gasteiger partial charge in [-0.25, -0.2) is 8.42 Å². The second-order valence-electron chi connectivity index (χ2n) is 7.90. The van der Waals surface area contributed by atoms with Gasteiger partial charge < -0.3 is 10.6 Å². The van der Waals surface area contributed by atoms with Crippen molar-refractivity contribution in [3.8, 4) is 0 Å². The van der Waals surface area contributed by atoms with Gasteiger partial charge in [-0.15, -0.1) is 0 Å².